The summed E-state index contributed by atoms with van der Waals surface area (Å²) >= 11 is 5.75. The molecule has 0 radical (unpaired) electrons. The van der Waals surface area contributed by atoms with Crippen molar-refractivity contribution in [1.82, 2.24) is 9.80 Å². The Bertz CT molecular complexity index is 833. The van der Waals surface area contributed by atoms with Crippen LogP contribution < -0.4 is 5.32 Å². The van der Waals surface area contributed by atoms with Gasteiger partial charge in [0, 0.05) is 36.8 Å². The molecule has 0 aliphatic carbocycles. The van der Waals surface area contributed by atoms with Crippen molar-refractivity contribution < 1.29 is 13.6 Å². The maximum atomic E-state index is 13.9. The Morgan fingerprint density at radius 1 is 1.11 bits per heavy atom. The zero-order valence-electron chi connectivity index (χ0n) is 15.8. The number of nitrogens with zero attached hydrogens (tertiary/aromatic N) is 2. The van der Waals surface area contributed by atoms with Crippen molar-refractivity contribution in [3.8, 4) is 0 Å². The van der Waals surface area contributed by atoms with Crippen LogP contribution in [0.4, 0.5) is 14.5 Å². The topological polar surface area (TPSA) is 35.6 Å². The number of benzene rings is 2. The molecule has 1 N–H and O–H groups in total. The third kappa shape index (κ3) is 5.28. The van der Waals surface area contributed by atoms with E-state index in [0.29, 0.717) is 18.7 Å². The van der Waals surface area contributed by atoms with E-state index in [0.717, 1.165) is 26.1 Å². The monoisotopic (exact) mass is 407 g/mol. The number of carbonyl (C=O) groups is 1. The molecule has 1 heterocycles. The zero-order valence-corrected chi connectivity index (χ0v) is 16.6. The minimum absolute atomic E-state index is 0.122. The maximum Gasteiger partial charge on any atom is 0.241 e. The number of rotatable bonds is 5. The molecule has 1 saturated heterocycles. The molecule has 0 aromatic heterocycles. The molecule has 1 aliphatic heterocycles. The molecular weight excluding hydrogens is 384 g/mol. The number of carbonyl (C=O) groups excluding carboxylic acids is 1. The lowest BCUT2D eigenvalue weighted by Gasteiger charge is -2.27. The van der Waals surface area contributed by atoms with Crippen molar-refractivity contribution in [1.29, 1.82) is 0 Å². The predicted molar refractivity (Wildman–Crippen MR) is 107 cm³/mol. The van der Waals surface area contributed by atoms with Crippen LogP contribution in [-0.2, 0) is 11.3 Å². The quantitative estimate of drug-likeness (QED) is 0.808. The molecule has 2 aromatic carbocycles. The fourth-order valence-corrected chi connectivity index (χ4v) is 3.56. The largest absolute Gasteiger partial charge is 0.322 e. The molecular formula is C21H24ClF2N3O. The highest BCUT2D eigenvalue weighted by molar-refractivity contribution is 6.30. The molecule has 150 valence electrons. The number of anilines is 1. The van der Waals surface area contributed by atoms with Crippen molar-refractivity contribution in [3.63, 3.8) is 0 Å². The van der Waals surface area contributed by atoms with Gasteiger partial charge in [-0.1, -0.05) is 29.8 Å². The fourth-order valence-electron chi connectivity index (χ4n) is 3.40. The summed E-state index contributed by atoms with van der Waals surface area (Å²) in [5.74, 6) is -1.01. The van der Waals surface area contributed by atoms with Gasteiger partial charge in [0.2, 0.25) is 5.91 Å². The Morgan fingerprint density at radius 3 is 2.64 bits per heavy atom. The summed E-state index contributed by atoms with van der Waals surface area (Å²) in [5.41, 5.74) is 0.803. The smallest absolute Gasteiger partial charge is 0.241 e. The normalized spacial score (nSPS) is 17.1. The van der Waals surface area contributed by atoms with E-state index in [2.05, 4.69) is 15.1 Å². The number of nitrogens with one attached hydrogen (secondary N) is 1. The summed E-state index contributed by atoms with van der Waals surface area (Å²) in [6.45, 7) is 5.39. The summed E-state index contributed by atoms with van der Waals surface area (Å²) in [6, 6.07) is 10.6. The van der Waals surface area contributed by atoms with Gasteiger partial charge in [-0.3, -0.25) is 14.6 Å². The molecule has 1 aliphatic rings. The van der Waals surface area contributed by atoms with Gasteiger partial charge in [0.25, 0.3) is 0 Å². The third-order valence-corrected chi connectivity index (χ3v) is 5.33. The molecule has 2 aromatic rings. The predicted octanol–water partition coefficient (Wildman–Crippen LogP) is 4.15. The first-order valence-corrected chi connectivity index (χ1v) is 9.77. The van der Waals surface area contributed by atoms with Crippen molar-refractivity contribution in [2.75, 3.05) is 31.5 Å². The van der Waals surface area contributed by atoms with Crippen LogP contribution in [0.3, 0.4) is 0 Å². The van der Waals surface area contributed by atoms with Gasteiger partial charge in [-0.05, 0) is 44.2 Å². The zero-order chi connectivity index (χ0) is 20.1. The molecule has 0 bridgehead atoms. The van der Waals surface area contributed by atoms with Crippen LogP contribution in [-0.4, -0.2) is 47.9 Å². The van der Waals surface area contributed by atoms with E-state index >= 15 is 0 Å². The molecule has 7 heteroatoms. The second kappa shape index (κ2) is 9.45. The van der Waals surface area contributed by atoms with E-state index in [1.165, 1.54) is 24.3 Å². The lowest BCUT2D eigenvalue weighted by molar-refractivity contribution is -0.120. The molecule has 0 saturated carbocycles. The Balaban J connectivity index is 1.56. The van der Waals surface area contributed by atoms with Crippen LogP contribution in [0, 0.1) is 11.6 Å². The van der Waals surface area contributed by atoms with Gasteiger partial charge in [-0.15, -0.1) is 0 Å². The summed E-state index contributed by atoms with van der Waals surface area (Å²) in [4.78, 5) is 16.8. The number of halogens is 3. The van der Waals surface area contributed by atoms with E-state index < -0.39 is 11.9 Å². The third-order valence-electron chi connectivity index (χ3n) is 5.09. The number of hydrogen-bond acceptors (Lipinski definition) is 3. The van der Waals surface area contributed by atoms with Gasteiger partial charge in [0.05, 0.1) is 11.7 Å². The standard InChI is InChI=1S/C21H24ClF2N3O/c1-15(21(28)25-20-8-7-17(22)13-19(20)24)27-10-4-9-26(11-12-27)14-16-5-2-3-6-18(16)23/h2-3,5-8,13,15H,4,9-12,14H2,1H3,(H,25,28). The van der Waals surface area contributed by atoms with Gasteiger partial charge in [0.1, 0.15) is 11.6 Å². The molecule has 1 amide bonds. The second-order valence-electron chi connectivity index (χ2n) is 7.05. The Labute approximate surface area is 169 Å². The van der Waals surface area contributed by atoms with Crippen LogP contribution in [0.2, 0.25) is 5.02 Å². The summed E-state index contributed by atoms with van der Waals surface area (Å²) in [6.07, 6.45) is 0.876. The van der Waals surface area contributed by atoms with Crippen molar-refractivity contribution in [2.24, 2.45) is 0 Å². The SMILES string of the molecule is CC(C(=O)Nc1ccc(Cl)cc1F)N1CCCN(Cc2ccccc2F)CC1. The van der Waals surface area contributed by atoms with Gasteiger partial charge in [-0.25, -0.2) is 8.78 Å². The Kier molecular flexibility index (Phi) is 6.99. The highest BCUT2D eigenvalue weighted by atomic mass is 35.5. The minimum Gasteiger partial charge on any atom is -0.322 e. The highest BCUT2D eigenvalue weighted by Gasteiger charge is 2.25. The van der Waals surface area contributed by atoms with E-state index in [-0.39, 0.29) is 22.4 Å². The summed E-state index contributed by atoms with van der Waals surface area (Å²) in [5, 5.41) is 2.92. The first-order chi connectivity index (χ1) is 13.4. The van der Waals surface area contributed by atoms with Crippen LogP contribution in [0.25, 0.3) is 0 Å². The molecule has 1 atom stereocenters. The Morgan fingerprint density at radius 2 is 1.89 bits per heavy atom. The lowest BCUT2D eigenvalue weighted by Crippen LogP contribution is -2.44. The van der Waals surface area contributed by atoms with E-state index in [9.17, 15) is 13.6 Å². The van der Waals surface area contributed by atoms with E-state index in [1.807, 2.05) is 13.0 Å². The summed E-state index contributed by atoms with van der Waals surface area (Å²) < 4.78 is 27.8. The second-order valence-corrected chi connectivity index (χ2v) is 7.48. The van der Waals surface area contributed by atoms with Gasteiger partial charge >= 0.3 is 0 Å². The minimum atomic E-state index is -0.556. The van der Waals surface area contributed by atoms with E-state index in [1.54, 1.807) is 12.1 Å². The first-order valence-electron chi connectivity index (χ1n) is 9.40. The van der Waals surface area contributed by atoms with Gasteiger partial charge in [-0.2, -0.15) is 0 Å². The van der Waals surface area contributed by atoms with Crippen LogP contribution in [0.15, 0.2) is 42.5 Å². The Hall–Kier alpha value is -2.02. The molecule has 3 rings (SSSR count). The van der Waals surface area contributed by atoms with Crippen molar-refractivity contribution in [2.45, 2.75) is 25.9 Å². The molecule has 0 spiro atoms. The van der Waals surface area contributed by atoms with E-state index in [4.69, 9.17) is 11.6 Å². The van der Waals surface area contributed by atoms with Crippen LogP contribution in [0.1, 0.15) is 18.9 Å². The lowest BCUT2D eigenvalue weighted by atomic mass is 10.2. The maximum absolute atomic E-state index is 13.9. The average molecular weight is 408 g/mol. The summed E-state index contributed by atoms with van der Waals surface area (Å²) in [7, 11) is 0. The number of hydrogen-bond donors (Lipinski definition) is 1. The highest BCUT2D eigenvalue weighted by Crippen LogP contribution is 2.20. The van der Waals surface area contributed by atoms with Gasteiger partial charge in [0.15, 0.2) is 0 Å². The van der Waals surface area contributed by atoms with Gasteiger partial charge < -0.3 is 5.32 Å². The molecule has 28 heavy (non-hydrogen) atoms. The number of amides is 1. The van der Waals surface area contributed by atoms with Crippen LogP contribution >= 0.6 is 11.6 Å². The van der Waals surface area contributed by atoms with Crippen molar-refractivity contribution >= 4 is 23.2 Å². The van der Waals surface area contributed by atoms with Crippen LogP contribution in [0.5, 0.6) is 0 Å². The fraction of sp³-hybridized carbons (Fsp3) is 0.381. The molecule has 4 nitrogen and oxygen atoms in total. The first kappa shape index (κ1) is 20.7. The van der Waals surface area contributed by atoms with Crippen molar-refractivity contribution in [3.05, 3.63) is 64.7 Å². The molecule has 1 fully saturated rings. The molecule has 1 unspecified atom stereocenters. The average Bonchev–Trinajstić information content (AvgIpc) is 2.91.